The molecule has 0 bridgehead atoms. The monoisotopic (exact) mass is 391 g/mol. The zero-order valence-corrected chi connectivity index (χ0v) is 16.5. The summed E-state index contributed by atoms with van der Waals surface area (Å²) < 4.78 is 43.6. The highest BCUT2D eigenvalue weighted by molar-refractivity contribution is 7.88. The van der Waals surface area contributed by atoms with E-state index in [-0.39, 0.29) is 11.8 Å². The summed E-state index contributed by atoms with van der Waals surface area (Å²) in [5.74, 6) is -0.575. The van der Waals surface area contributed by atoms with Crippen molar-refractivity contribution in [2.75, 3.05) is 0 Å². The van der Waals surface area contributed by atoms with Crippen LogP contribution in [0.25, 0.3) is 0 Å². The summed E-state index contributed by atoms with van der Waals surface area (Å²) >= 11 is 0. The first-order valence-electron chi connectivity index (χ1n) is 9.71. The van der Waals surface area contributed by atoms with Gasteiger partial charge in [-0.3, -0.25) is 4.68 Å². The maximum Gasteiger partial charge on any atom is 0.218 e. The number of nitrogens with zero attached hydrogens (tertiary/aromatic N) is 3. The Morgan fingerprint density at radius 2 is 2.00 bits per heavy atom. The van der Waals surface area contributed by atoms with E-state index in [1.54, 1.807) is 16.4 Å². The highest BCUT2D eigenvalue weighted by Crippen LogP contribution is 2.31. The molecule has 0 radical (unpaired) electrons. The van der Waals surface area contributed by atoms with Crippen molar-refractivity contribution in [1.29, 1.82) is 0 Å². The second kappa shape index (κ2) is 7.36. The number of halogens is 1. The number of hydrogen-bond donors (Lipinski definition) is 0. The summed E-state index contributed by atoms with van der Waals surface area (Å²) in [7, 11) is -1.63. The molecule has 2 aliphatic rings. The minimum absolute atomic E-state index is 0.0163. The molecule has 2 aromatic rings. The topological polar surface area (TPSA) is 55.2 Å². The Labute approximate surface area is 160 Å². The largest absolute Gasteiger partial charge is 0.272 e. The molecule has 27 heavy (non-hydrogen) atoms. The van der Waals surface area contributed by atoms with Crippen LogP contribution < -0.4 is 0 Å². The first-order valence-corrected chi connectivity index (χ1v) is 11.3. The number of fused-ring (bicyclic) bond motifs is 1. The van der Waals surface area contributed by atoms with Gasteiger partial charge in [0.2, 0.25) is 10.0 Å². The molecular weight excluding hydrogens is 365 g/mol. The maximum atomic E-state index is 13.5. The van der Waals surface area contributed by atoms with Gasteiger partial charge in [0.25, 0.3) is 0 Å². The summed E-state index contributed by atoms with van der Waals surface area (Å²) in [5, 5.41) is 4.63. The third-order valence-corrected chi connectivity index (χ3v) is 7.67. The predicted octanol–water partition coefficient (Wildman–Crippen LogP) is 3.32. The molecule has 1 aromatic carbocycles. The quantitative estimate of drug-likeness (QED) is 0.759. The summed E-state index contributed by atoms with van der Waals surface area (Å²) in [6, 6.07) is 5.89. The molecule has 0 N–H and O–H groups in total. The molecule has 0 amide bonds. The standard InChI is InChI=1S/C20H26FN3O2S/c1-23-20-11-5-10-18(20)19(22-23)13-24(17-8-2-3-9-17)27(25,26)14-15-6-4-7-16(21)12-15/h4,6-7,12,17H,2-3,5,8-11,13-14H2,1H3. The SMILES string of the molecule is Cn1nc(CN(C2CCCC2)S(=O)(=O)Cc2cccc(F)c2)c2c1CCC2. The third-order valence-electron chi connectivity index (χ3n) is 5.83. The molecule has 4 rings (SSSR count). The average Bonchev–Trinajstić information content (AvgIpc) is 3.32. The van der Waals surface area contributed by atoms with Crippen LogP contribution in [-0.4, -0.2) is 28.5 Å². The van der Waals surface area contributed by atoms with Gasteiger partial charge in [-0.1, -0.05) is 25.0 Å². The molecule has 5 nitrogen and oxygen atoms in total. The van der Waals surface area contributed by atoms with Crippen LogP contribution in [0.3, 0.4) is 0 Å². The zero-order chi connectivity index (χ0) is 19.0. The van der Waals surface area contributed by atoms with Gasteiger partial charge >= 0.3 is 0 Å². The van der Waals surface area contributed by atoms with Crippen molar-refractivity contribution in [1.82, 2.24) is 14.1 Å². The van der Waals surface area contributed by atoms with Crippen molar-refractivity contribution in [3.8, 4) is 0 Å². The van der Waals surface area contributed by atoms with Gasteiger partial charge in [0.15, 0.2) is 0 Å². The van der Waals surface area contributed by atoms with E-state index in [1.807, 2.05) is 11.7 Å². The lowest BCUT2D eigenvalue weighted by Crippen LogP contribution is -2.39. The van der Waals surface area contributed by atoms with E-state index in [0.717, 1.165) is 50.6 Å². The summed E-state index contributed by atoms with van der Waals surface area (Å²) in [5.41, 5.74) is 3.84. The number of rotatable bonds is 6. The van der Waals surface area contributed by atoms with Crippen LogP contribution in [0, 0.1) is 5.82 Å². The highest BCUT2D eigenvalue weighted by Gasteiger charge is 2.34. The van der Waals surface area contributed by atoms with Gasteiger partial charge < -0.3 is 0 Å². The first kappa shape index (κ1) is 18.6. The number of hydrogen-bond acceptors (Lipinski definition) is 3. The Morgan fingerprint density at radius 3 is 2.74 bits per heavy atom. The molecule has 0 spiro atoms. The van der Waals surface area contributed by atoms with Crippen molar-refractivity contribution in [3.05, 3.63) is 52.6 Å². The molecule has 0 unspecified atom stereocenters. The molecule has 146 valence electrons. The lowest BCUT2D eigenvalue weighted by molar-refractivity contribution is 0.311. The summed E-state index contributed by atoms with van der Waals surface area (Å²) in [6.45, 7) is 0.325. The van der Waals surface area contributed by atoms with Gasteiger partial charge in [-0.05, 0) is 55.4 Å². The van der Waals surface area contributed by atoms with Crippen LogP contribution in [-0.2, 0) is 42.2 Å². The van der Waals surface area contributed by atoms with E-state index < -0.39 is 15.8 Å². The molecule has 2 aliphatic carbocycles. The number of aromatic nitrogens is 2. The minimum atomic E-state index is -3.56. The van der Waals surface area contributed by atoms with E-state index >= 15 is 0 Å². The molecule has 0 saturated heterocycles. The lowest BCUT2D eigenvalue weighted by atomic mass is 10.2. The minimum Gasteiger partial charge on any atom is -0.272 e. The fraction of sp³-hybridized carbons (Fsp3) is 0.550. The van der Waals surface area contributed by atoms with Gasteiger partial charge in [-0.15, -0.1) is 0 Å². The molecule has 1 aromatic heterocycles. The Morgan fingerprint density at radius 1 is 1.22 bits per heavy atom. The average molecular weight is 392 g/mol. The zero-order valence-electron chi connectivity index (χ0n) is 15.7. The summed E-state index contributed by atoms with van der Waals surface area (Å²) in [4.78, 5) is 0. The lowest BCUT2D eigenvalue weighted by Gasteiger charge is -2.28. The Hall–Kier alpha value is -1.73. The van der Waals surface area contributed by atoms with Gasteiger partial charge in [0.05, 0.1) is 18.0 Å². The summed E-state index contributed by atoms with van der Waals surface area (Å²) in [6.07, 6.45) is 6.97. The van der Waals surface area contributed by atoms with Crippen LogP contribution in [0.4, 0.5) is 4.39 Å². The number of aryl methyl sites for hydroxylation is 1. The van der Waals surface area contributed by atoms with Crippen LogP contribution in [0.15, 0.2) is 24.3 Å². The molecular formula is C20H26FN3O2S. The fourth-order valence-electron chi connectivity index (χ4n) is 4.54. The van der Waals surface area contributed by atoms with Gasteiger partial charge in [-0.25, -0.2) is 12.8 Å². The second-order valence-electron chi connectivity index (χ2n) is 7.72. The smallest absolute Gasteiger partial charge is 0.218 e. The Kier molecular flexibility index (Phi) is 5.07. The van der Waals surface area contributed by atoms with Gasteiger partial charge in [0.1, 0.15) is 5.82 Å². The van der Waals surface area contributed by atoms with E-state index in [4.69, 9.17) is 0 Å². The first-order chi connectivity index (χ1) is 12.9. The second-order valence-corrected chi connectivity index (χ2v) is 9.64. The van der Waals surface area contributed by atoms with Crippen LogP contribution in [0.5, 0.6) is 0 Å². The fourth-order valence-corrected chi connectivity index (χ4v) is 6.29. The maximum absolute atomic E-state index is 13.5. The molecule has 7 heteroatoms. The van der Waals surface area contributed by atoms with Crippen LogP contribution in [0.1, 0.15) is 54.6 Å². The molecule has 0 aliphatic heterocycles. The molecule has 0 atom stereocenters. The van der Waals surface area contributed by atoms with Crippen LogP contribution >= 0.6 is 0 Å². The van der Waals surface area contributed by atoms with E-state index in [0.29, 0.717) is 12.1 Å². The van der Waals surface area contributed by atoms with E-state index in [2.05, 4.69) is 5.10 Å². The molecule has 1 saturated carbocycles. The highest BCUT2D eigenvalue weighted by atomic mass is 32.2. The predicted molar refractivity (Wildman–Crippen MR) is 102 cm³/mol. The van der Waals surface area contributed by atoms with Crippen molar-refractivity contribution in [3.63, 3.8) is 0 Å². The Bertz CT molecular complexity index is 933. The van der Waals surface area contributed by atoms with Crippen molar-refractivity contribution >= 4 is 10.0 Å². The number of sulfonamides is 1. The van der Waals surface area contributed by atoms with Gasteiger partial charge in [-0.2, -0.15) is 9.40 Å². The third kappa shape index (κ3) is 3.80. The van der Waals surface area contributed by atoms with E-state index in [9.17, 15) is 12.8 Å². The Balaban J connectivity index is 1.64. The van der Waals surface area contributed by atoms with Crippen LogP contribution in [0.2, 0.25) is 0 Å². The normalized spacial score (nSPS) is 17.7. The van der Waals surface area contributed by atoms with Crippen molar-refractivity contribution < 1.29 is 12.8 Å². The number of benzene rings is 1. The van der Waals surface area contributed by atoms with Crippen molar-refractivity contribution in [2.45, 2.75) is 63.3 Å². The van der Waals surface area contributed by atoms with E-state index in [1.165, 1.54) is 23.4 Å². The van der Waals surface area contributed by atoms with Crippen molar-refractivity contribution in [2.24, 2.45) is 7.05 Å². The van der Waals surface area contributed by atoms with Gasteiger partial charge in [0, 0.05) is 18.8 Å². The molecule has 1 heterocycles. The molecule has 1 fully saturated rings.